The van der Waals surface area contributed by atoms with Crippen LogP contribution in [0.15, 0.2) is 11.3 Å². The van der Waals surface area contributed by atoms with Crippen molar-refractivity contribution < 1.29 is 34.1 Å². The number of ether oxygens (including phenoxy) is 1. The Morgan fingerprint density at radius 3 is 1.76 bits per heavy atom. The van der Waals surface area contributed by atoms with E-state index in [1.54, 1.807) is 27.7 Å². The van der Waals surface area contributed by atoms with Gasteiger partial charge in [0.25, 0.3) is 0 Å². The lowest BCUT2D eigenvalue weighted by atomic mass is 9.59. The summed E-state index contributed by atoms with van der Waals surface area (Å²) >= 11 is 0. The fourth-order valence-corrected chi connectivity index (χ4v) is 5.84. The Labute approximate surface area is 225 Å². The third-order valence-electron chi connectivity index (χ3n) is 7.55. The quantitative estimate of drug-likeness (QED) is 0.292. The van der Waals surface area contributed by atoms with Crippen molar-refractivity contribution >= 4 is 23.1 Å². The van der Waals surface area contributed by atoms with E-state index in [4.69, 9.17) is 4.74 Å². The van der Waals surface area contributed by atoms with Gasteiger partial charge in [0.05, 0.1) is 10.8 Å². The summed E-state index contributed by atoms with van der Waals surface area (Å²) in [5.74, 6) is -3.45. The highest BCUT2D eigenvalue weighted by atomic mass is 16.5. The van der Waals surface area contributed by atoms with Gasteiger partial charge in [-0.3, -0.25) is 19.2 Å². The molecule has 2 N–H and O–H groups in total. The summed E-state index contributed by atoms with van der Waals surface area (Å²) < 4.78 is 6.29. The van der Waals surface area contributed by atoms with E-state index in [2.05, 4.69) is 0 Å². The smallest absolute Gasteiger partial charge is 0.175 e. The van der Waals surface area contributed by atoms with Gasteiger partial charge in [0, 0.05) is 29.9 Å². The molecule has 0 radical (unpaired) electrons. The molecule has 1 atom stereocenters. The van der Waals surface area contributed by atoms with Gasteiger partial charge in [-0.2, -0.15) is 0 Å². The van der Waals surface area contributed by atoms with Crippen molar-refractivity contribution in [2.75, 3.05) is 0 Å². The van der Waals surface area contributed by atoms with Crippen molar-refractivity contribution in [3.05, 3.63) is 28.0 Å². The molecule has 0 fully saturated rings. The Morgan fingerprint density at radius 1 is 0.789 bits per heavy atom. The Kier molecular flexibility index (Phi) is 7.77. The van der Waals surface area contributed by atoms with Crippen LogP contribution in [0, 0.1) is 28.6 Å². The summed E-state index contributed by atoms with van der Waals surface area (Å²) in [5, 5.41) is 22.9. The van der Waals surface area contributed by atoms with Crippen LogP contribution in [0.1, 0.15) is 121 Å². The zero-order valence-electron chi connectivity index (χ0n) is 24.4. The molecule has 3 rings (SSSR count). The van der Waals surface area contributed by atoms with Crippen LogP contribution in [-0.4, -0.2) is 33.3 Å². The average molecular weight is 527 g/mol. The van der Waals surface area contributed by atoms with Crippen LogP contribution in [0.2, 0.25) is 0 Å². The van der Waals surface area contributed by atoms with Gasteiger partial charge < -0.3 is 14.9 Å². The summed E-state index contributed by atoms with van der Waals surface area (Å²) in [6, 6.07) is 0. The highest BCUT2D eigenvalue weighted by molar-refractivity contribution is 6.20. The fraction of sp³-hybridized carbons (Fsp3) is 0.613. The molecule has 1 unspecified atom stereocenters. The van der Waals surface area contributed by atoms with Crippen molar-refractivity contribution in [3.8, 4) is 17.2 Å². The van der Waals surface area contributed by atoms with Gasteiger partial charge in [0.15, 0.2) is 23.1 Å². The Morgan fingerprint density at radius 2 is 1.29 bits per heavy atom. The van der Waals surface area contributed by atoms with E-state index in [1.807, 2.05) is 41.5 Å². The molecule has 7 nitrogen and oxygen atoms in total. The van der Waals surface area contributed by atoms with Crippen LogP contribution >= 0.6 is 0 Å². The van der Waals surface area contributed by atoms with Crippen LogP contribution in [0.3, 0.4) is 0 Å². The number of hydrogen-bond donors (Lipinski definition) is 2. The average Bonchev–Trinajstić information content (AvgIpc) is 2.75. The van der Waals surface area contributed by atoms with Gasteiger partial charge in [-0.15, -0.1) is 0 Å². The van der Waals surface area contributed by atoms with E-state index in [1.165, 1.54) is 0 Å². The standard InChI is InChI=1S/C31H42O7/c1-14(2)11-17-20-24(34)22(18(32)12-15(3)4)25(35)23(19(33)13-16(5)6)26(20)38-28-21(17)27(36)30(7,8)29(37)31(28,9)10/h14-17,34-35H,11-13H2,1-10H3. The van der Waals surface area contributed by atoms with Crippen LogP contribution in [-0.2, 0) is 9.59 Å². The molecule has 208 valence electrons. The van der Waals surface area contributed by atoms with E-state index >= 15 is 0 Å². The molecule has 38 heavy (non-hydrogen) atoms. The SMILES string of the molecule is CC(C)CC(=O)c1c(O)c(C(=O)CC(C)C)c2c(c1O)C(CC(C)C)C1=C(O2)C(C)(C)C(=O)C(C)(C)C1=O. The molecule has 0 amide bonds. The van der Waals surface area contributed by atoms with E-state index in [9.17, 15) is 29.4 Å². The number of aromatic hydroxyl groups is 2. The minimum Gasteiger partial charge on any atom is -0.507 e. The van der Waals surface area contributed by atoms with Crippen molar-refractivity contribution in [2.45, 2.75) is 94.4 Å². The molecular weight excluding hydrogens is 484 g/mol. The Hall–Kier alpha value is -2.96. The van der Waals surface area contributed by atoms with Crippen molar-refractivity contribution in [1.29, 1.82) is 0 Å². The predicted molar refractivity (Wildman–Crippen MR) is 145 cm³/mol. The third-order valence-corrected chi connectivity index (χ3v) is 7.55. The highest BCUT2D eigenvalue weighted by Gasteiger charge is 2.58. The summed E-state index contributed by atoms with van der Waals surface area (Å²) in [5.41, 5.74) is -2.58. The number of phenolic OH excluding ortho intramolecular Hbond substituents is 2. The first-order valence-corrected chi connectivity index (χ1v) is 13.6. The highest BCUT2D eigenvalue weighted by Crippen LogP contribution is 2.59. The second kappa shape index (κ2) is 9.97. The second-order valence-electron chi connectivity index (χ2n) is 13.2. The second-order valence-corrected chi connectivity index (χ2v) is 13.2. The number of fused-ring (bicyclic) bond motifs is 1. The zero-order chi connectivity index (χ0) is 29.1. The lowest BCUT2D eigenvalue weighted by Crippen LogP contribution is -2.51. The third kappa shape index (κ3) is 4.69. The molecule has 1 aromatic rings. The molecule has 0 saturated heterocycles. The molecule has 1 aromatic carbocycles. The molecular formula is C31H42O7. The number of Topliss-reactive ketones (excluding diaryl/α,β-unsaturated/α-hetero) is 4. The minimum absolute atomic E-state index is 0.0502. The fourth-order valence-electron chi connectivity index (χ4n) is 5.84. The molecule has 1 aliphatic heterocycles. The van der Waals surface area contributed by atoms with Gasteiger partial charge in [0.1, 0.15) is 34.1 Å². The number of ketones is 4. The molecule has 0 saturated carbocycles. The van der Waals surface area contributed by atoms with Crippen LogP contribution in [0.25, 0.3) is 0 Å². The number of rotatable bonds is 8. The maximum absolute atomic E-state index is 13.9. The summed E-state index contributed by atoms with van der Waals surface area (Å²) in [6.07, 6.45) is 0.519. The number of carbonyl (C=O) groups is 4. The lowest BCUT2D eigenvalue weighted by Gasteiger charge is -2.45. The molecule has 7 heteroatoms. The molecule has 1 heterocycles. The Bertz CT molecular complexity index is 1240. The van der Waals surface area contributed by atoms with Gasteiger partial charge in [0.2, 0.25) is 0 Å². The molecule has 1 aliphatic carbocycles. The number of carbonyl (C=O) groups excluding carboxylic acids is 4. The number of benzene rings is 1. The van der Waals surface area contributed by atoms with Crippen molar-refractivity contribution in [2.24, 2.45) is 28.6 Å². The van der Waals surface area contributed by atoms with Crippen LogP contribution < -0.4 is 4.74 Å². The normalized spacial score (nSPS) is 20.1. The number of allylic oxidation sites excluding steroid dienone is 2. The van der Waals surface area contributed by atoms with Gasteiger partial charge in [-0.1, -0.05) is 41.5 Å². The van der Waals surface area contributed by atoms with E-state index in [-0.39, 0.29) is 70.2 Å². The minimum atomic E-state index is -1.32. The van der Waals surface area contributed by atoms with Crippen LogP contribution in [0.4, 0.5) is 0 Å². The van der Waals surface area contributed by atoms with Gasteiger partial charge in [-0.25, -0.2) is 0 Å². The first kappa shape index (κ1) is 29.6. The molecule has 0 bridgehead atoms. The maximum atomic E-state index is 13.9. The van der Waals surface area contributed by atoms with Gasteiger partial charge >= 0.3 is 0 Å². The first-order valence-electron chi connectivity index (χ1n) is 13.6. The number of phenols is 2. The molecule has 0 spiro atoms. The van der Waals surface area contributed by atoms with Gasteiger partial charge in [-0.05, 0) is 51.9 Å². The Balaban J connectivity index is 2.49. The van der Waals surface area contributed by atoms with E-state index in [0.29, 0.717) is 6.42 Å². The lowest BCUT2D eigenvalue weighted by molar-refractivity contribution is -0.144. The monoisotopic (exact) mass is 526 g/mol. The van der Waals surface area contributed by atoms with E-state index in [0.717, 1.165) is 0 Å². The van der Waals surface area contributed by atoms with Crippen molar-refractivity contribution in [3.63, 3.8) is 0 Å². The number of hydrogen-bond acceptors (Lipinski definition) is 7. The predicted octanol–water partition coefficient (Wildman–Crippen LogP) is 6.54. The van der Waals surface area contributed by atoms with Crippen LogP contribution in [0.5, 0.6) is 17.2 Å². The summed E-state index contributed by atoms with van der Waals surface area (Å²) in [7, 11) is 0. The maximum Gasteiger partial charge on any atom is 0.175 e. The van der Waals surface area contributed by atoms with E-state index < -0.39 is 45.6 Å². The summed E-state index contributed by atoms with van der Waals surface area (Å²) in [4.78, 5) is 54.2. The summed E-state index contributed by atoms with van der Waals surface area (Å²) in [6.45, 7) is 17.9. The zero-order valence-corrected chi connectivity index (χ0v) is 24.4. The first-order chi connectivity index (χ1) is 17.3. The molecule has 2 aliphatic rings. The largest absolute Gasteiger partial charge is 0.507 e. The topological polar surface area (TPSA) is 118 Å². The van der Waals surface area contributed by atoms with Crippen molar-refractivity contribution in [1.82, 2.24) is 0 Å². The molecule has 0 aromatic heterocycles.